The molecule has 52 valence electrons. The summed E-state index contributed by atoms with van der Waals surface area (Å²) in [4.78, 5) is 0. The van der Waals surface area contributed by atoms with E-state index in [9.17, 15) is 0 Å². The van der Waals surface area contributed by atoms with Gasteiger partial charge in [0.15, 0.2) is 0 Å². The molecule has 0 N–H and O–H groups in total. The number of hydrogen-bond donors (Lipinski definition) is 0. The van der Waals surface area contributed by atoms with Gasteiger partial charge in [-0.05, 0) is 42.9 Å². The first-order chi connectivity index (χ1) is 4.22. The zero-order valence-electron chi connectivity index (χ0n) is 6.48. The van der Waals surface area contributed by atoms with E-state index in [-0.39, 0.29) is 0 Å². The topological polar surface area (TPSA) is 0 Å². The Bertz CT molecular complexity index is 112. The van der Waals surface area contributed by atoms with E-state index in [4.69, 9.17) is 0 Å². The molecule has 0 aromatic carbocycles. The highest BCUT2D eigenvalue weighted by molar-refractivity contribution is 5.04. The van der Waals surface area contributed by atoms with Gasteiger partial charge >= 0.3 is 0 Å². The average molecular weight is 124 g/mol. The Morgan fingerprint density at radius 2 is 1.78 bits per heavy atom. The van der Waals surface area contributed by atoms with Crippen LogP contribution >= 0.6 is 0 Å². The Balaban J connectivity index is 1.83. The molecule has 1 spiro atoms. The van der Waals surface area contributed by atoms with Crippen LogP contribution in [-0.2, 0) is 0 Å². The van der Waals surface area contributed by atoms with Crippen LogP contribution in [0.25, 0.3) is 0 Å². The molecule has 2 saturated carbocycles. The van der Waals surface area contributed by atoms with Crippen molar-refractivity contribution in [3.63, 3.8) is 0 Å². The van der Waals surface area contributed by atoms with Crippen LogP contribution in [0.2, 0.25) is 0 Å². The fraction of sp³-hybridized carbons (Fsp3) is 1.00. The van der Waals surface area contributed by atoms with Crippen molar-refractivity contribution in [3.05, 3.63) is 0 Å². The summed E-state index contributed by atoms with van der Waals surface area (Å²) in [6.07, 6.45) is 6.22. The lowest BCUT2D eigenvalue weighted by molar-refractivity contribution is 0.121. The molecule has 0 amide bonds. The molecule has 2 aliphatic carbocycles. The van der Waals surface area contributed by atoms with E-state index < -0.39 is 0 Å². The summed E-state index contributed by atoms with van der Waals surface area (Å²) >= 11 is 0. The van der Waals surface area contributed by atoms with Gasteiger partial charge in [0.05, 0.1) is 0 Å². The maximum Gasteiger partial charge on any atom is -0.0292 e. The summed E-state index contributed by atoms with van der Waals surface area (Å²) in [5.74, 6) is 2.05. The molecule has 2 fully saturated rings. The minimum atomic E-state index is 0.926. The first-order valence-corrected chi connectivity index (χ1v) is 4.22. The summed E-state index contributed by atoms with van der Waals surface area (Å²) in [7, 11) is 0. The summed E-state index contributed by atoms with van der Waals surface area (Å²) < 4.78 is 0. The standard InChI is InChI=1S/C9H16/c1-7(2)8-5-9(6-8)3-4-9/h7-8H,3-6H2,1-2H3. The molecule has 0 aromatic heterocycles. The molecule has 0 radical (unpaired) electrons. The molecule has 0 saturated heterocycles. The van der Waals surface area contributed by atoms with E-state index in [1.54, 1.807) is 25.7 Å². The third-order valence-electron chi connectivity index (χ3n) is 3.29. The van der Waals surface area contributed by atoms with Crippen molar-refractivity contribution in [3.8, 4) is 0 Å². The van der Waals surface area contributed by atoms with Crippen LogP contribution in [0.3, 0.4) is 0 Å². The first kappa shape index (κ1) is 5.76. The third kappa shape index (κ3) is 0.798. The molecular weight excluding hydrogens is 108 g/mol. The Labute approximate surface area is 57.6 Å². The Kier molecular flexibility index (Phi) is 0.980. The van der Waals surface area contributed by atoms with Crippen LogP contribution in [0.1, 0.15) is 39.5 Å². The van der Waals surface area contributed by atoms with Crippen molar-refractivity contribution in [1.29, 1.82) is 0 Å². The highest BCUT2D eigenvalue weighted by Gasteiger charge is 2.53. The van der Waals surface area contributed by atoms with Gasteiger partial charge in [0.25, 0.3) is 0 Å². The molecule has 0 aromatic rings. The van der Waals surface area contributed by atoms with Crippen molar-refractivity contribution >= 4 is 0 Å². The molecule has 2 rings (SSSR count). The normalized spacial score (nSPS) is 31.0. The SMILES string of the molecule is CC(C)C1CC2(CC2)C1. The second kappa shape index (κ2) is 1.53. The van der Waals surface area contributed by atoms with Crippen LogP contribution in [0.4, 0.5) is 0 Å². The van der Waals surface area contributed by atoms with Gasteiger partial charge in [0.1, 0.15) is 0 Å². The van der Waals surface area contributed by atoms with Crippen LogP contribution < -0.4 is 0 Å². The quantitative estimate of drug-likeness (QED) is 0.504. The molecule has 0 heterocycles. The predicted octanol–water partition coefficient (Wildman–Crippen LogP) is 2.83. The summed E-state index contributed by atoms with van der Waals surface area (Å²) in [5, 5.41) is 0. The number of rotatable bonds is 1. The van der Waals surface area contributed by atoms with Crippen LogP contribution in [0.15, 0.2) is 0 Å². The van der Waals surface area contributed by atoms with Crippen molar-refractivity contribution in [2.24, 2.45) is 17.3 Å². The van der Waals surface area contributed by atoms with Crippen molar-refractivity contribution in [2.45, 2.75) is 39.5 Å². The van der Waals surface area contributed by atoms with Gasteiger partial charge in [0, 0.05) is 0 Å². The first-order valence-electron chi connectivity index (χ1n) is 4.22. The fourth-order valence-electron chi connectivity index (χ4n) is 2.11. The summed E-state index contributed by atoms with van der Waals surface area (Å²) in [5.41, 5.74) is 0.926. The van der Waals surface area contributed by atoms with E-state index >= 15 is 0 Å². The Hall–Kier alpha value is 0. The maximum atomic E-state index is 2.36. The lowest BCUT2D eigenvalue weighted by Crippen LogP contribution is -2.28. The number of hydrogen-bond acceptors (Lipinski definition) is 0. The van der Waals surface area contributed by atoms with E-state index in [0.29, 0.717) is 0 Å². The van der Waals surface area contributed by atoms with Gasteiger partial charge < -0.3 is 0 Å². The molecule has 0 unspecified atom stereocenters. The molecular formula is C9H16. The predicted molar refractivity (Wildman–Crippen MR) is 39.2 cm³/mol. The van der Waals surface area contributed by atoms with Crippen molar-refractivity contribution in [2.75, 3.05) is 0 Å². The lowest BCUT2D eigenvalue weighted by Gasteiger charge is -2.38. The second-order valence-electron chi connectivity index (χ2n) is 4.41. The molecule has 0 nitrogen and oxygen atoms in total. The molecule has 0 bridgehead atoms. The Morgan fingerprint density at radius 3 is 2.11 bits per heavy atom. The van der Waals surface area contributed by atoms with E-state index in [0.717, 1.165) is 17.3 Å². The average Bonchev–Trinajstić information content (AvgIpc) is 2.35. The van der Waals surface area contributed by atoms with Gasteiger partial charge in [-0.3, -0.25) is 0 Å². The molecule has 0 atom stereocenters. The van der Waals surface area contributed by atoms with Crippen LogP contribution in [0.5, 0.6) is 0 Å². The van der Waals surface area contributed by atoms with Gasteiger partial charge in [-0.1, -0.05) is 13.8 Å². The zero-order chi connectivity index (χ0) is 6.48. The zero-order valence-corrected chi connectivity index (χ0v) is 6.48. The van der Waals surface area contributed by atoms with Crippen molar-refractivity contribution < 1.29 is 0 Å². The second-order valence-corrected chi connectivity index (χ2v) is 4.41. The van der Waals surface area contributed by atoms with Gasteiger partial charge in [-0.2, -0.15) is 0 Å². The van der Waals surface area contributed by atoms with Gasteiger partial charge in [-0.25, -0.2) is 0 Å². The minimum absolute atomic E-state index is 0.926. The van der Waals surface area contributed by atoms with E-state index in [1.807, 2.05) is 0 Å². The molecule has 0 heteroatoms. The summed E-state index contributed by atoms with van der Waals surface area (Å²) in [6, 6.07) is 0. The lowest BCUT2D eigenvalue weighted by atomic mass is 9.67. The van der Waals surface area contributed by atoms with Crippen molar-refractivity contribution in [1.82, 2.24) is 0 Å². The summed E-state index contributed by atoms with van der Waals surface area (Å²) in [6.45, 7) is 4.72. The highest BCUT2D eigenvalue weighted by Crippen LogP contribution is 2.64. The maximum absolute atomic E-state index is 2.36. The van der Waals surface area contributed by atoms with Gasteiger partial charge in [0.2, 0.25) is 0 Å². The minimum Gasteiger partial charge on any atom is -0.0625 e. The molecule has 2 aliphatic rings. The third-order valence-corrected chi connectivity index (χ3v) is 3.29. The largest absolute Gasteiger partial charge is 0.0625 e. The highest BCUT2D eigenvalue weighted by atomic mass is 14.6. The van der Waals surface area contributed by atoms with E-state index in [1.165, 1.54) is 0 Å². The molecule has 9 heavy (non-hydrogen) atoms. The fourth-order valence-corrected chi connectivity index (χ4v) is 2.11. The van der Waals surface area contributed by atoms with Gasteiger partial charge in [-0.15, -0.1) is 0 Å². The van der Waals surface area contributed by atoms with Crippen LogP contribution in [-0.4, -0.2) is 0 Å². The van der Waals surface area contributed by atoms with E-state index in [2.05, 4.69) is 13.8 Å². The smallest absolute Gasteiger partial charge is 0.0292 e. The van der Waals surface area contributed by atoms with Crippen LogP contribution in [0, 0.1) is 17.3 Å². The Morgan fingerprint density at radius 1 is 1.22 bits per heavy atom. The molecule has 0 aliphatic heterocycles. The monoisotopic (exact) mass is 124 g/mol.